The predicted octanol–water partition coefficient (Wildman–Crippen LogP) is 0.584. The van der Waals surface area contributed by atoms with E-state index in [4.69, 9.17) is 11.6 Å². The quantitative estimate of drug-likeness (QED) is 0.869. The van der Waals surface area contributed by atoms with E-state index in [9.17, 15) is 9.59 Å². The summed E-state index contributed by atoms with van der Waals surface area (Å²) in [4.78, 5) is 32.4. The third kappa shape index (κ3) is 3.66. The summed E-state index contributed by atoms with van der Waals surface area (Å²) in [5.41, 5.74) is 0.200. The van der Waals surface area contributed by atoms with Gasteiger partial charge in [0.2, 0.25) is 5.91 Å². The van der Waals surface area contributed by atoms with E-state index < -0.39 is 0 Å². The van der Waals surface area contributed by atoms with Crippen LogP contribution in [0.1, 0.15) is 17.4 Å². The van der Waals surface area contributed by atoms with E-state index in [2.05, 4.69) is 15.3 Å². The molecule has 1 aromatic rings. The Morgan fingerprint density at radius 3 is 2.61 bits per heavy atom. The van der Waals surface area contributed by atoms with E-state index in [0.29, 0.717) is 6.54 Å². The first-order valence-corrected chi connectivity index (χ1v) is 5.78. The number of hydrogen-bond donors (Lipinski definition) is 1. The summed E-state index contributed by atoms with van der Waals surface area (Å²) in [6.45, 7) is 2.05. The number of carbonyl (C=O) groups excluding carboxylic acids is 2. The zero-order valence-corrected chi connectivity index (χ0v) is 11.2. The molecule has 1 rings (SSSR count). The minimum absolute atomic E-state index is 0.114. The second kappa shape index (κ2) is 6.30. The highest BCUT2D eigenvalue weighted by Crippen LogP contribution is 2.06. The van der Waals surface area contributed by atoms with Crippen molar-refractivity contribution in [3.8, 4) is 0 Å². The zero-order chi connectivity index (χ0) is 13.7. The first-order chi connectivity index (χ1) is 8.45. The van der Waals surface area contributed by atoms with Gasteiger partial charge in [-0.1, -0.05) is 18.5 Å². The van der Waals surface area contributed by atoms with Gasteiger partial charge in [0.15, 0.2) is 0 Å². The molecule has 1 atom stereocenters. The summed E-state index contributed by atoms with van der Waals surface area (Å²) < 4.78 is 0. The van der Waals surface area contributed by atoms with Gasteiger partial charge in [0.25, 0.3) is 5.91 Å². The molecule has 0 fully saturated rings. The molecule has 1 aromatic heterocycles. The SMILES string of the molecule is CNC(=O)C(C)CN(C)C(=O)c1cnc(Cl)cn1. The smallest absolute Gasteiger partial charge is 0.273 e. The first-order valence-electron chi connectivity index (χ1n) is 5.40. The standard InChI is InChI=1S/C11H15ClN4O2/c1-7(10(17)13-2)6-16(3)11(18)8-4-15-9(12)5-14-8/h4-5,7H,6H2,1-3H3,(H,13,17). The average molecular weight is 271 g/mol. The lowest BCUT2D eigenvalue weighted by Gasteiger charge is -2.20. The van der Waals surface area contributed by atoms with Crippen molar-refractivity contribution in [1.82, 2.24) is 20.2 Å². The summed E-state index contributed by atoms with van der Waals surface area (Å²) in [6, 6.07) is 0. The second-order valence-electron chi connectivity index (χ2n) is 3.93. The van der Waals surface area contributed by atoms with Crippen LogP contribution in [-0.4, -0.2) is 47.3 Å². The van der Waals surface area contributed by atoms with E-state index >= 15 is 0 Å². The maximum atomic E-state index is 12.0. The number of nitrogens with zero attached hydrogens (tertiary/aromatic N) is 3. The van der Waals surface area contributed by atoms with Crippen molar-refractivity contribution < 1.29 is 9.59 Å². The molecule has 0 saturated carbocycles. The van der Waals surface area contributed by atoms with Crippen LogP contribution in [0.4, 0.5) is 0 Å². The minimum atomic E-state index is -0.296. The fourth-order valence-corrected chi connectivity index (χ4v) is 1.54. The average Bonchev–Trinajstić information content (AvgIpc) is 2.37. The van der Waals surface area contributed by atoms with Crippen LogP contribution in [0, 0.1) is 5.92 Å². The minimum Gasteiger partial charge on any atom is -0.359 e. The largest absolute Gasteiger partial charge is 0.359 e. The van der Waals surface area contributed by atoms with Crippen molar-refractivity contribution in [3.05, 3.63) is 23.2 Å². The normalized spacial score (nSPS) is 11.8. The summed E-state index contributed by atoms with van der Waals surface area (Å²) in [5.74, 6) is -0.698. The van der Waals surface area contributed by atoms with Gasteiger partial charge in [0.05, 0.1) is 18.3 Å². The Hall–Kier alpha value is -1.69. The van der Waals surface area contributed by atoms with Crippen LogP contribution in [0.25, 0.3) is 0 Å². The lowest BCUT2D eigenvalue weighted by Crippen LogP contribution is -2.37. The molecule has 18 heavy (non-hydrogen) atoms. The molecule has 0 radical (unpaired) electrons. The van der Waals surface area contributed by atoms with Crippen LogP contribution in [-0.2, 0) is 4.79 Å². The third-order valence-corrected chi connectivity index (χ3v) is 2.62. The maximum absolute atomic E-state index is 12.0. The van der Waals surface area contributed by atoms with Crippen molar-refractivity contribution in [2.24, 2.45) is 5.92 Å². The Labute approximate surface area is 110 Å². The number of carbonyl (C=O) groups is 2. The highest BCUT2D eigenvalue weighted by atomic mass is 35.5. The van der Waals surface area contributed by atoms with E-state index in [1.54, 1.807) is 21.0 Å². The van der Waals surface area contributed by atoms with Crippen LogP contribution in [0.5, 0.6) is 0 Å². The number of aromatic nitrogens is 2. The number of hydrogen-bond acceptors (Lipinski definition) is 4. The number of amides is 2. The fraction of sp³-hybridized carbons (Fsp3) is 0.455. The van der Waals surface area contributed by atoms with Crippen LogP contribution < -0.4 is 5.32 Å². The van der Waals surface area contributed by atoms with Gasteiger partial charge in [-0.25, -0.2) is 9.97 Å². The van der Waals surface area contributed by atoms with Gasteiger partial charge in [-0.05, 0) is 0 Å². The molecule has 2 amide bonds. The third-order valence-electron chi connectivity index (χ3n) is 2.43. The number of rotatable bonds is 4. The molecule has 0 aliphatic heterocycles. The predicted molar refractivity (Wildman–Crippen MR) is 67.2 cm³/mol. The summed E-state index contributed by atoms with van der Waals surface area (Å²) in [6.07, 6.45) is 2.62. The Balaban J connectivity index is 2.67. The van der Waals surface area contributed by atoms with Crippen molar-refractivity contribution in [2.45, 2.75) is 6.92 Å². The summed E-state index contributed by atoms with van der Waals surface area (Å²) >= 11 is 5.59. The first kappa shape index (κ1) is 14.4. The van der Waals surface area contributed by atoms with E-state index in [1.807, 2.05) is 0 Å². The Morgan fingerprint density at radius 1 is 1.44 bits per heavy atom. The molecular weight excluding hydrogens is 256 g/mol. The molecule has 1 N–H and O–H groups in total. The molecule has 98 valence electrons. The Kier molecular flexibility index (Phi) is 5.03. The number of halogens is 1. The van der Waals surface area contributed by atoms with Crippen LogP contribution in [0.2, 0.25) is 5.15 Å². The van der Waals surface area contributed by atoms with Gasteiger partial charge >= 0.3 is 0 Å². The molecule has 1 heterocycles. The van der Waals surface area contributed by atoms with Crippen molar-refractivity contribution >= 4 is 23.4 Å². The van der Waals surface area contributed by atoms with E-state index in [-0.39, 0.29) is 28.6 Å². The highest BCUT2D eigenvalue weighted by molar-refractivity contribution is 6.29. The summed E-state index contributed by atoms with van der Waals surface area (Å²) in [7, 11) is 3.17. The van der Waals surface area contributed by atoms with Gasteiger partial charge < -0.3 is 10.2 Å². The fourth-order valence-electron chi connectivity index (χ4n) is 1.44. The van der Waals surface area contributed by atoms with Gasteiger partial charge in [-0.15, -0.1) is 0 Å². The topological polar surface area (TPSA) is 75.2 Å². The van der Waals surface area contributed by atoms with Crippen LogP contribution >= 0.6 is 11.6 Å². The second-order valence-corrected chi connectivity index (χ2v) is 4.31. The Bertz CT molecular complexity index is 435. The van der Waals surface area contributed by atoms with Gasteiger partial charge in [-0.3, -0.25) is 9.59 Å². The molecule has 0 aliphatic carbocycles. The molecule has 7 heteroatoms. The monoisotopic (exact) mass is 270 g/mol. The van der Waals surface area contributed by atoms with Crippen LogP contribution in [0.15, 0.2) is 12.4 Å². The van der Waals surface area contributed by atoms with E-state index in [0.717, 1.165) is 0 Å². The molecular formula is C11H15ClN4O2. The van der Waals surface area contributed by atoms with Crippen molar-refractivity contribution in [2.75, 3.05) is 20.6 Å². The van der Waals surface area contributed by atoms with Crippen molar-refractivity contribution in [1.29, 1.82) is 0 Å². The lowest BCUT2D eigenvalue weighted by molar-refractivity contribution is -0.124. The number of nitrogens with one attached hydrogen (secondary N) is 1. The summed E-state index contributed by atoms with van der Waals surface area (Å²) in [5, 5.41) is 2.76. The van der Waals surface area contributed by atoms with Gasteiger partial charge in [0.1, 0.15) is 10.8 Å². The molecule has 6 nitrogen and oxygen atoms in total. The molecule has 0 spiro atoms. The molecule has 0 aliphatic rings. The van der Waals surface area contributed by atoms with Gasteiger partial charge in [-0.2, -0.15) is 0 Å². The molecule has 0 aromatic carbocycles. The van der Waals surface area contributed by atoms with Gasteiger partial charge in [0, 0.05) is 20.6 Å². The molecule has 0 saturated heterocycles. The Morgan fingerprint density at radius 2 is 2.11 bits per heavy atom. The van der Waals surface area contributed by atoms with Crippen LogP contribution in [0.3, 0.4) is 0 Å². The highest BCUT2D eigenvalue weighted by Gasteiger charge is 2.19. The zero-order valence-electron chi connectivity index (χ0n) is 10.5. The lowest BCUT2D eigenvalue weighted by atomic mass is 10.1. The van der Waals surface area contributed by atoms with Crippen molar-refractivity contribution in [3.63, 3.8) is 0 Å². The molecule has 1 unspecified atom stereocenters. The van der Waals surface area contributed by atoms with E-state index in [1.165, 1.54) is 17.3 Å². The maximum Gasteiger partial charge on any atom is 0.273 e. The molecule has 0 bridgehead atoms.